The van der Waals surface area contributed by atoms with Crippen LogP contribution in [0, 0.1) is 11.8 Å². The number of rotatable bonds is 8. The van der Waals surface area contributed by atoms with Crippen LogP contribution in [0.1, 0.15) is 33.1 Å². The van der Waals surface area contributed by atoms with Crippen LogP contribution >= 0.6 is 0 Å². The summed E-state index contributed by atoms with van der Waals surface area (Å²) in [5.41, 5.74) is 0. The van der Waals surface area contributed by atoms with Crippen molar-refractivity contribution < 1.29 is 19.8 Å². The van der Waals surface area contributed by atoms with Gasteiger partial charge in [-0.05, 0) is 18.3 Å². The molecule has 94 valence electrons. The molecule has 5 nitrogen and oxygen atoms in total. The number of aliphatic hydroxyl groups is 1. The van der Waals surface area contributed by atoms with Gasteiger partial charge in [-0.1, -0.05) is 13.8 Å². The third-order valence-corrected chi connectivity index (χ3v) is 2.33. The summed E-state index contributed by atoms with van der Waals surface area (Å²) in [6.45, 7) is 4.33. The van der Waals surface area contributed by atoms with E-state index in [4.69, 9.17) is 10.2 Å². The van der Waals surface area contributed by atoms with Crippen molar-refractivity contribution >= 4 is 11.9 Å². The molecule has 0 radical (unpaired) electrons. The summed E-state index contributed by atoms with van der Waals surface area (Å²) in [6, 6.07) is 0. The zero-order valence-electron chi connectivity index (χ0n) is 9.90. The van der Waals surface area contributed by atoms with Crippen molar-refractivity contribution in [3.63, 3.8) is 0 Å². The lowest BCUT2D eigenvalue weighted by Crippen LogP contribution is -2.30. The van der Waals surface area contributed by atoms with Crippen LogP contribution in [0.15, 0.2) is 0 Å². The zero-order chi connectivity index (χ0) is 12.6. The first kappa shape index (κ1) is 14.9. The number of hydrogen-bond acceptors (Lipinski definition) is 3. The van der Waals surface area contributed by atoms with Gasteiger partial charge in [0.05, 0.1) is 0 Å². The predicted octanol–water partition coefficient (Wildman–Crippen LogP) is 0.622. The maximum absolute atomic E-state index is 11.4. The maximum atomic E-state index is 11.4. The molecule has 0 saturated heterocycles. The van der Waals surface area contributed by atoms with Crippen molar-refractivity contribution in [1.82, 2.24) is 5.32 Å². The van der Waals surface area contributed by atoms with Crippen LogP contribution in [-0.2, 0) is 9.59 Å². The smallest absolute Gasteiger partial charge is 0.303 e. The van der Waals surface area contributed by atoms with E-state index in [0.717, 1.165) is 0 Å². The van der Waals surface area contributed by atoms with Gasteiger partial charge in [0.25, 0.3) is 0 Å². The molecule has 0 spiro atoms. The topological polar surface area (TPSA) is 86.6 Å². The Labute approximate surface area is 95.9 Å². The first-order chi connectivity index (χ1) is 7.45. The molecule has 0 heterocycles. The maximum Gasteiger partial charge on any atom is 0.303 e. The van der Waals surface area contributed by atoms with Gasteiger partial charge < -0.3 is 15.5 Å². The van der Waals surface area contributed by atoms with E-state index in [1.165, 1.54) is 0 Å². The highest BCUT2D eigenvalue weighted by molar-refractivity contribution is 5.77. The largest absolute Gasteiger partial charge is 0.481 e. The Bertz CT molecular complexity index is 230. The fourth-order valence-electron chi connectivity index (χ4n) is 1.37. The molecule has 16 heavy (non-hydrogen) atoms. The molecule has 0 fully saturated rings. The number of amides is 1. The number of carboxylic acid groups (broad SMARTS) is 1. The Morgan fingerprint density at radius 1 is 1.19 bits per heavy atom. The van der Waals surface area contributed by atoms with Gasteiger partial charge in [-0.2, -0.15) is 0 Å². The molecule has 0 saturated carbocycles. The van der Waals surface area contributed by atoms with E-state index in [0.29, 0.717) is 13.0 Å². The second kappa shape index (κ2) is 8.10. The van der Waals surface area contributed by atoms with E-state index in [1.54, 1.807) is 6.92 Å². The SMILES string of the molecule is CC(CCO)CNC(=O)CC(C)CC(=O)O. The fourth-order valence-corrected chi connectivity index (χ4v) is 1.37. The summed E-state index contributed by atoms with van der Waals surface area (Å²) in [6.07, 6.45) is 0.905. The van der Waals surface area contributed by atoms with Gasteiger partial charge in [0.1, 0.15) is 0 Å². The molecule has 1 amide bonds. The molecule has 0 aliphatic heterocycles. The van der Waals surface area contributed by atoms with Gasteiger partial charge in [0.15, 0.2) is 0 Å². The van der Waals surface area contributed by atoms with Crippen molar-refractivity contribution in [2.24, 2.45) is 11.8 Å². The summed E-state index contributed by atoms with van der Waals surface area (Å²) in [7, 11) is 0. The molecule has 5 heteroatoms. The van der Waals surface area contributed by atoms with Crippen LogP contribution in [0.2, 0.25) is 0 Å². The van der Waals surface area contributed by atoms with Gasteiger partial charge in [0.2, 0.25) is 5.91 Å². The third kappa shape index (κ3) is 8.23. The van der Waals surface area contributed by atoms with Crippen molar-refractivity contribution in [2.75, 3.05) is 13.2 Å². The van der Waals surface area contributed by atoms with Crippen LogP contribution in [0.3, 0.4) is 0 Å². The van der Waals surface area contributed by atoms with Crippen LogP contribution in [0.5, 0.6) is 0 Å². The molecular weight excluding hydrogens is 210 g/mol. The standard InChI is InChI=1S/C11H21NO4/c1-8(3-4-13)7-12-10(14)5-9(2)6-11(15)16/h8-9,13H,3-7H2,1-2H3,(H,12,14)(H,15,16). The molecule has 3 N–H and O–H groups in total. The van der Waals surface area contributed by atoms with E-state index < -0.39 is 5.97 Å². The van der Waals surface area contributed by atoms with Crippen molar-refractivity contribution in [3.05, 3.63) is 0 Å². The van der Waals surface area contributed by atoms with Gasteiger partial charge in [-0.3, -0.25) is 9.59 Å². The highest BCUT2D eigenvalue weighted by Gasteiger charge is 2.12. The lowest BCUT2D eigenvalue weighted by Gasteiger charge is -2.13. The number of carboxylic acids is 1. The van der Waals surface area contributed by atoms with E-state index in [-0.39, 0.29) is 37.2 Å². The van der Waals surface area contributed by atoms with Crippen LogP contribution in [-0.4, -0.2) is 35.2 Å². The number of hydrogen-bond donors (Lipinski definition) is 3. The zero-order valence-corrected chi connectivity index (χ0v) is 9.90. The number of carbonyl (C=O) groups excluding carboxylic acids is 1. The normalized spacial score (nSPS) is 14.2. The number of aliphatic carboxylic acids is 1. The Hall–Kier alpha value is -1.10. The molecule has 2 atom stereocenters. The highest BCUT2D eigenvalue weighted by atomic mass is 16.4. The third-order valence-electron chi connectivity index (χ3n) is 2.33. The second-order valence-corrected chi connectivity index (χ2v) is 4.33. The van der Waals surface area contributed by atoms with Crippen molar-refractivity contribution in [2.45, 2.75) is 33.1 Å². The van der Waals surface area contributed by atoms with Crippen molar-refractivity contribution in [3.8, 4) is 0 Å². The predicted molar refractivity (Wildman–Crippen MR) is 59.9 cm³/mol. The molecule has 0 aromatic rings. The molecule has 2 unspecified atom stereocenters. The number of carbonyl (C=O) groups is 2. The van der Waals surface area contributed by atoms with Gasteiger partial charge in [-0.15, -0.1) is 0 Å². The van der Waals surface area contributed by atoms with Crippen LogP contribution in [0.25, 0.3) is 0 Å². The molecule has 0 rings (SSSR count). The Morgan fingerprint density at radius 2 is 1.81 bits per heavy atom. The minimum atomic E-state index is -0.881. The first-order valence-corrected chi connectivity index (χ1v) is 5.55. The van der Waals surface area contributed by atoms with Crippen LogP contribution in [0.4, 0.5) is 0 Å². The van der Waals surface area contributed by atoms with Crippen LogP contribution < -0.4 is 5.32 Å². The second-order valence-electron chi connectivity index (χ2n) is 4.33. The lowest BCUT2D eigenvalue weighted by molar-refractivity contribution is -0.138. The lowest BCUT2D eigenvalue weighted by atomic mass is 10.0. The van der Waals surface area contributed by atoms with E-state index >= 15 is 0 Å². The summed E-state index contributed by atoms with van der Waals surface area (Å²) < 4.78 is 0. The van der Waals surface area contributed by atoms with Gasteiger partial charge >= 0.3 is 5.97 Å². The Balaban J connectivity index is 3.69. The monoisotopic (exact) mass is 231 g/mol. The number of aliphatic hydroxyl groups excluding tert-OH is 1. The van der Waals surface area contributed by atoms with E-state index in [9.17, 15) is 9.59 Å². The summed E-state index contributed by atoms with van der Waals surface area (Å²) >= 11 is 0. The van der Waals surface area contributed by atoms with E-state index in [1.807, 2.05) is 6.92 Å². The average Bonchev–Trinajstić information content (AvgIpc) is 2.13. The van der Waals surface area contributed by atoms with E-state index in [2.05, 4.69) is 5.32 Å². The molecule has 0 aliphatic carbocycles. The molecule has 0 aromatic carbocycles. The minimum Gasteiger partial charge on any atom is -0.481 e. The van der Waals surface area contributed by atoms with Gasteiger partial charge in [-0.25, -0.2) is 0 Å². The molecule has 0 aromatic heterocycles. The number of nitrogens with one attached hydrogen (secondary N) is 1. The van der Waals surface area contributed by atoms with Gasteiger partial charge in [0, 0.05) is 26.0 Å². The average molecular weight is 231 g/mol. The van der Waals surface area contributed by atoms with Crippen molar-refractivity contribution in [1.29, 1.82) is 0 Å². The first-order valence-electron chi connectivity index (χ1n) is 5.55. The molecular formula is C11H21NO4. The minimum absolute atomic E-state index is 0.0135. The molecule has 0 aliphatic rings. The summed E-state index contributed by atoms with van der Waals surface area (Å²) in [5.74, 6) is -0.915. The summed E-state index contributed by atoms with van der Waals surface area (Å²) in [5, 5.41) is 19.9. The Morgan fingerprint density at radius 3 is 2.31 bits per heavy atom. The quantitative estimate of drug-likeness (QED) is 0.571. The Kier molecular flexibility index (Phi) is 7.54. The fraction of sp³-hybridized carbons (Fsp3) is 0.818. The summed E-state index contributed by atoms with van der Waals surface area (Å²) in [4.78, 5) is 21.8. The molecule has 0 bridgehead atoms. The highest BCUT2D eigenvalue weighted by Crippen LogP contribution is 2.07.